The van der Waals surface area contributed by atoms with Gasteiger partial charge in [-0.1, -0.05) is 49.9 Å². The molecule has 0 radical (unpaired) electrons. The molecule has 6 heteroatoms. The van der Waals surface area contributed by atoms with Gasteiger partial charge >= 0.3 is 0 Å². The van der Waals surface area contributed by atoms with E-state index in [1.54, 1.807) is 30.5 Å². The van der Waals surface area contributed by atoms with Gasteiger partial charge in [-0.25, -0.2) is 4.98 Å². The second kappa shape index (κ2) is 8.77. The van der Waals surface area contributed by atoms with Crippen molar-refractivity contribution >= 4 is 23.4 Å². The summed E-state index contributed by atoms with van der Waals surface area (Å²) in [5, 5.41) is 12.4. The van der Waals surface area contributed by atoms with E-state index in [-0.39, 0.29) is 11.2 Å². The van der Waals surface area contributed by atoms with Gasteiger partial charge in [-0.05, 0) is 42.7 Å². The van der Waals surface area contributed by atoms with Gasteiger partial charge < -0.3 is 5.32 Å². The van der Waals surface area contributed by atoms with Gasteiger partial charge in [-0.15, -0.1) is 0 Å². The number of nitrogens with zero attached hydrogens (tertiary/aromatic N) is 3. The summed E-state index contributed by atoms with van der Waals surface area (Å²) in [4.78, 5) is 17.0. The molecule has 1 aromatic heterocycles. The highest BCUT2D eigenvalue weighted by Crippen LogP contribution is 2.26. The molecule has 0 fully saturated rings. The molecule has 2 aromatic carbocycles. The lowest BCUT2D eigenvalue weighted by atomic mass is 10.0. The number of nitrogens with one attached hydrogen (secondary N) is 1. The van der Waals surface area contributed by atoms with Crippen LogP contribution in [0, 0.1) is 11.3 Å². The Morgan fingerprint density at radius 2 is 1.86 bits per heavy atom. The zero-order chi connectivity index (χ0) is 20.1. The Morgan fingerprint density at radius 3 is 2.54 bits per heavy atom. The van der Waals surface area contributed by atoms with Gasteiger partial charge in [0, 0.05) is 18.1 Å². The molecule has 1 N–H and O–H groups in total. The van der Waals surface area contributed by atoms with Crippen molar-refractivity contribution in [1.29, 1.82) is 5.26 Å². The third-order valence-corrected chi connectivity index (χ3v) is 5.48. The monoisotopic (exact) mass is 390 g/mol. The zero-order valence-corrected chi connectivity index (χ0v) is 16.9. The molecule has 3 aromatic rings. The molecule has 0 bridgehead atoms. The van der Waals surface area contributed by atoms with Crippen molar-refractivity contribution < 1.29 is 4.79 Å². The zero-order valence-electron chi connectivity index (χ0n) is 16.1. The predicted molar refractivity (Wildman–Crippen MR) is 113 cm³/mol. The third kappa shape index (κ3) is 4.44. The van der Waals surface area contributed by atoms with Gasteiger partial charge in [0.2, 0.25) is 5.91 Å². The van der Waals surface area contributed by atoms with Crippen molar-refractivity contribution in [2.75, 3.05) is 5.32 Å². The first kappa shape index (κ1) is 19.7. The maximum atomic E-state index is 12.6. The highest BCUT2D eigenvalue weighted by molar-refractivity contribution is 8.00. The largest absolute Gasteiger partial charge is 0.324 e. The lowest BCUT2D eigenvalue weighted by Crippen LogP contribution is -2.23. The van der Waals surface area contributed by atoms with Crippen molar-refractivity contribution in [3.05, 3.63) is 72.1 Å². The first-order valence-electron chi connectivity index (χ1n) is 9.10. The summed E-state index contributed by atoms with van der Waals surface area (Å²) in [6.07, 6.45) is 3.62. The summed E-state index contributed by atoms with van der Waals surface area (Å²) < 4.78 is 1.97. The van der Waals surface area contributed by atoms with Crippen LogP contribution in [0.15, 0.2) is 66.1 Å². The van der Waals surface area contributed by atoms with E-state index in [1.165, 1.54) is 17.3 Å². The predicted octanol–water partition coefficient (Wildman–Crippen LogP) is 4.99. The van der Waals surface area contributed by atoms with Crippen LogP contribution in [0.2, 0.25) is 0 Å². The average Bonchev–Trinajstić information content (AvgIpc) is 3.16. The molecule has 1 atom stereocenters. The molecule has 1 amide bonds. The average molecular weight is 391 g/mol. The summed E-state index contributed by atoms with van der Waals surface area (Å²) >= 11 is 1.38. The molecule has 3 rings (SSSR count). The van der Waals surface area contributed by atoms with Crippen LogP contribution < -0.4 is 5.32 Å². The summed E-state index contributed by atoms with van der Waals surface area (Å²) in [6, 6.07) is 17.4. The first-order chi connectivity index (χ1) is 13.5. The highest BCUT2D eigenvalue weighted by Gasteiger charge is 2.19. The molecule has 0 spiro atoms. The molecular weight excluding hydrogens is 368 g/mol. The Morgan fingerprint density at radius 1 is 1.14 bits per heavy atom. The molecule has 0 unspecified atom stereocenters. The highest BCUT2D eigenvalue weighted by atomic mass is 32.2. The smallest absolute Gasteiger partial charge is 0.237 e. The van der Waals surface area contributed by atoms with Crippen molar-refractivity contribution in [3.8, 4) is 11.8 Å². The topological polar surface area (TPSA) is 70.7 Å². The van der Waals surface area contributed by atoms with Crippen LogP contribution in [-0.2, 0) is 4.79 Å². The first-order valence-corrected chi connectivity index (χ1v) is 9.98. The molecule has 142 valence electrons. The minimum atomic E-state index is -0.372. The number of aromatic nitrogens is 2. The Hall–Kier alpha value is -3.04. The summed E-state index contributed by atoms with van der Waals surface area (Å²) in [5.74, 6) is 0.308. The molecule has 0 aliphatic heterocycles. The van der Waals surface area contributed by atoms with Gasteiger partial charge in [-0.2, -0.15) is 5.26 Å². The SMILES string of the molecule is CC(C)c1ccc(-n2ccnc2S[C@@H](C)C(=O)Nc2ccccc2C#N)cc1. The summed E-state index contributed by atoms with van der Waals surface area (Å²) in [7, 11) is 0. The van der Waals surface area contributed by atoms with E-state index < -0.39 is 0 Å². The van der Waals surface area contributed by atoms with Crippen molar-refractivity contribution in [3.63, 3.8) is 0 Å². The van der Waals surface area contributed by atoms with E-state index in [2.05, 4.69) is 54.5 Å². The fraction of sp³-hybridized carbons (Fsp3) is 0.227. The van der Waals surface area contributed by atoms with E-state index in [0.29, 0.717) is 17.2 Å². The molecule has 5 nitrogen and oxygen atoms in total. The van der Waals surface area contributed by atoms with E-state index in [0.717, 1.165) is 10.8 Å². The summed E-state index contributed by atoms with van der Waals surface area (Å²) in [6.45, 7) is 6.16. The molecular formula is C22H22N4OS. The number of amides is 1. The van der Waals surface area contributed by atoms with E-state index in [1.807, 2.05) is 17.7 Å². The van der Waals surface area contributed by atoms with Crippen molar-refractivity contribution in [2.45, 2.75) is 37.1 Å². The Kier molecular flexibility index (Phi) is 6.17. The second-order valence-corrected chi connectivity index (χ2v) is 8.04. The third-order valence-electron chi connectivity index (χ3n) is 4.40. The number of hydrogen-bond acceptors (Lipinski definition) is 4. The lowest BCUT2D eigenvalue weighted by molar-refractivity contribution is -0.115. The van der Waals surface area contributed by atoms with Crippen LogP contribution in [0.3, 0.4) is 0 Å². The number of carbonyl (C=O) groups excluding carboxylic acids is 1. The van der Waals surface area contributed by atoms with Crippen LogP contribution in [0.4, 0.5) is 5.69 Å². The lowest BCUT2D eigenvalue weighted by Gasteiger charge is -2.14. The molecule has 0 saturated carbocycles. The molecule has 0 aliphatic rings. The van der Waals surface area contributed by atoms with E-state index in [9.17, 15) is 10.1 Å². The number of para-hydroxylation sites is 1. The van der Waals surface area contributed by atoms with Gasteiger partial charge in [0.25, 0.3) is 0 Å². The minimum absolute atomic E-state index is 0.169. The number of hydrogen-bond donors (Lipinski definition) is 1. The van der Waals surface area contributed by atoms with Crippen molar-refractivity contribution in [1.82, 2.24) is 9.55 Å². The minimum Gasteiger partial charge on any atom is -0.324 e. The van der Waals surface area contributed by atoms with E-state index in [4.69, 9.17) is 0 Å². The number of thioether (sulfide) groups is 1. The van der Waals surface area contributed by atoms with Gasteiger partial charge in [0.1, 0.15) is 6.07 Å². The fourth-order valence-corrected chi connectivity index (χ4v) is 3.61. The second-order valence-electron chi connectivity index (χ2n) is 6.73. The van der Waals surface area contributed by atoms with Gasteiger partial charge in [0.05, 0.1) is 16.5 Å². The van der Waals surface area contributed by atoms with E-state index >= 15 is 0 Å². The van der Waals surface area contributed by atoms with Gasteiger partial charge in [0.15, 0.2) is 5.16 Å². The van der Waals surface area contributed by atoms with Crippen LogP contribution >= 0.6 is 11.8 Å². The van der Waals surface area contributed by atoms with Crippen molar-refractivity contribution in [2.24, 2.45) is 0 Å². The maximum Gasteiger partial charge on any atom is 0.237 e. The number of benzene rings is 2. The van der Waals surface area contributed by atoms with Crippen LogP contribution in [-0.4, -0.2) is 20.7 Å². The Labute approximate surface area is 169 Å². The Bertz CT molecular complexity index is 1000. The molecule has 1 heterocycles. The summed E-state index contributed by atoms with van der Waals surface area (Å²) in [5.41, 5.74) is 3.25. The fourth-order valence-electron chi connectivity index (χ4n) is 2.73. The standard InChI is InChI=1S/C22H22N4OS/c1-15(2)17-8-10-19(11-9-17)26-13-12-24-22(26)28-16(3)21(27)25-20-7-5-4-6-18(20)14-23/h4-13,15-16H,1-3H3,(H,25,27)/t16-/m0/s1. The maximum absolute atomic E-state index is 12.6. The van der Waals surface area contributed by atoms with Crippen LogP contribution in [0.25, 0.3) is 5.69 Å². The van der Waals surface area contributed by atoms with Crippen LogP contribution in [0.5, 0.6) is 0 Å². The number of imidazole rings is 1. The number of nitriles is 1. The molecule has 0 saturated heterocycles. The Balaban J connectivity index is 1.73. The number of rotatable bonds is 6. The normalized spacial score (nSPS) is 11.8. The number of anilines is 1. The molecule has 28 heavy (non-hydrogen) atoms. The quantitative estimate of drug-likeness (QED) is 0.602. The van der Waals surface area contributed by atoms with Gasteiger partial charge in [-0.3, -0.25) is 9.36 Å². The number of carbonyl (C=O) groups is 1. The molecule has 0 aliphatic carbocycles. The van der Waals surface area contributed by atoms with Crippen LogP contribution in [0.1, 0.15) is 37.8 Å².